The molecule has 2 rings (SSSR count). The maximum atomic E-state index is 11.9. The predicted octanol–water partition coefficient (Wildman–Crippen LogP) is 2.55. The van der Waals surface area contributed by atoms with Crippen molar-refractivity contribution in [2.45, 2.75) is 19.9 Å². The first-order chi connectivity index (χ1) is 10.1. The van der Waals surface area contributed by atoms with Crippen molar-refractivity contribution in [2.24, 2.45) is 0 Å². The lowest BCUT2D eigenvalue weighted by molar-refractivity contribution is 0.292. The van der Waals surface area contributed by atoms with Crippen LogP contribution in [0.3, 0.4) is 0 Å². The van der Waals surface area contributed by atoms with E-state index in [1.807, 2.05) is 31.2 Å². The average Bonchev–Trinajstić information content (AvgIpc) is 2.49. The quantitative estimate of drug-likeness (QED) is 0.770. The molecule has 6 heteroatoms. The van der Waals surface area contributed by atoms with Gasteiger partial charge in [-0.2, -0.15) is 0 Å². The molecule has 1 aromatic heterocycles. The van der Waals surface area contributed by atoms with Crippen LogP contribution in [0.25, 0.3) is 0 Å². The summed E-state index contributed by atoms with van der Waals surface area (Å²) in [5.41, 5.74) is -0.162. The van der Waals surface area contributed by atoms with Crippen LogP contribution in [0.4, 0.5) is 0 Å². The summed E-state index contributed by atoms with van der Waals surface area (Å²) in [7, 11) is 1.61. The number of hydrogen-bond acceptors (Lipinski definition) is 4. The molecule has 1 aromatic carbocycles. The van der Waals surface area contributed by atoms with Gasteiger partial charge in [-0.3, -0.25) is 9.36 Å². The summed E-state index contributed by atoms with van der Waals surface area (Å²) in [6, 6.07) is 8.60. The normalized spacial score (nSPS) is 10.4. The van der Waals surface area contributed by atoms with E-state index in [2.05, 4.69) is 4.98 Å². The van der Waals surface area contributed by atoms with Crippen LogP contribution in [0, 0.1) is 0 Å². The summed E-state index contributed by atoms with van der Waals surface area (Å²) >= 11 is 5.79. The number of ether oxygens (including phenoxy) is 2. The van der Waals surface area contributed by atoms with Gasteiger partial charge in [0.15, 0.2) is 0 Å². The van der Waals surface area contributed by atoms with E-state index in [4.69, 9.17) is 21.1 Å². The summed E-state index contributed by atoms with van der Waals surface area (Å²) < 4.78 is 12.3. The van der Waals surface area contributed by atoms with Gasteiger partial charge in [-0.05, 0) is 24.3 Å². The zero-order valence-corrected chi connectivity index (χ0v) is 12.8. The van der Waals surface area contributed by atoms with E-state index in [0.29, 0.717) is 25.4 Å². The molecule has 0 aliphatic carbocycles. The molecule has 1 heterocycles. The molecule has 0 aliphatic rings. The number of rotatable bonds is 6. The summed E-state index contributed by atoms with van der Waals surface area (Å²) in [4.78, 5) is 16.1. The van der Waals surface area contributed by atoms with Crippen molar-refractivity contribution in [3.05, 3.63) is 51.7 Å². The average molecular weight is 309 g/mol. The number of benzene rings is 1. The van der Waals surface area contributed by atoms with Gasteiger partial charge >= 0.3 is 0 Å². The summed E-state index contributed by atoms with van der Waals surface area (Å²) in [6.45, 7) is 2.74. The topological polar surface area (TPSA) is 53.4 Å². The van der Waals surface area contributed by atoms with Crippen molar-refractivity contribution in [3.8, 4) is 11.5 Å². The molecule has 0 spiro atoms. The Hall–Kier alpha value is -2.01. The predicted molar refractivity (Wildman–Crippen MR) is 81.4 cm³/mol. The van der Waals surface area contributed by atoms with Crippen LogP contribution in [-0.4, -0.2) is 23.3 Å². The fourth-order valence-corrected chi connectivity index (χ4v) is 2.15. The molecule has 0 aliphatic heterocycles. The van der Waals surface area contributed by atoms with E-state index >= 15 is 0 Å². The van der Waals surface area contributed by atoms with Crippen molar-refractivity contribution in [1.29, 1.82) is 0 Å². The Morgan fingerprint density at radius 1 is 1.24 bits per heavy atom. The molecule has 5 nitrogen and oxygen atoms in total. The third kappa shape index (κ3) is 3.98. The molecule has 0 atom stereocenters. The van der Waals surface area contributed by atoms with E-state index in [1.54, 1.807) is 11.7 Å². The van der Waals surface area contributed by atoms with E-state index < -0.39 is 0 Å². The van der Waals surface area contributed by atoms with Gasteiger partial charge in [0, 0.05) is 12.5 Å². The van der Waals surface area contributed by atoms with Gasteiger partial charge in [0.25, 0.3) is 5.56 Å². The maximum Gasteiger partial charge on any atom is 0.255 e. The van der Waals surface area contributed by atoms with E-state index in [1.165, 1.54) is 6.07 Å². The lowest BCUT2D eigenvalue weighted by atomic mass is 10.3. The Morgan fingerprint density at radius 2 is 1.90 bits per heavy atom. The zero-order valence-electron chi connectivity index (χ0n) is 12.0. The van der Waals surface area contributed by atoms with E-state index in [9.17, 15) is 4.79 Å². The van der Waals surface area contributed by atoms with Crippen molar-refractivity contribution < 1.29 is 9.47 Å². The minimum absolute atomic E-state index is 0.162. The standard InChI is InChI=1S/C15H17ClN2O3/c1-3-14-17-13(16)10-15(19)18(14)8-9-21-12-6-4-11(20-2)5-7-12/h4-7,10H,3,8-9H2,1-2H3. The van der Waals surface area contributed by atoms with Crippen LogP contribution in [0.15, 0.2) is 35.1 Å². The molecular formula is C15H17ClN2O3. The first kappa shape index (κ1) is 15.4. The summed E-state index contributed by atoms with van der Waals surface area (Å²) in [5, 5.41) is 0.226. The van der Waals surface area contributed by atoms with Crippen LogP contribution >= 0.6 is 11.6 Å². The van der Waals surface area contributed by atoms with Gasteiger partial charge in [-0.25, -0.2) is 4.98 Å². The number of aryl methyl sites for hydroxylation is 1. The van der Waals surface area contributed by atoms with E-state index in [-0.39, 0.29) is 10.7 Å². The molecular weight excluding hydrogens is 292 g/mol. The molecule has 0 radical (unpaired) electrons. The molecule has 0 unspecified atom stereocenters. The molecule has 112 valence electrons. The van der Waals surface area contributed by atoms with Gasteiger partial charge in [0.2, 0.25) is 0 Å². The van der Waals surface area contributed by atoms with Crippen molar-refractivity contribution in [2.75, 3.05) is 13.7 Å². The first-order valence-corrected chi connectivity index (χ1v) is 7.05. The smallest absolute Gasteiger partial charge is 0.255 e. The van der Waals surface area contributed by atoms with Crippen LogP contribution in [-0.2, 0) is 13.0 Å². The van der Waals surface area contributed by atoms with Crippen LogP contribution in [0.2, 0.25) is 5.15 Å². The van der Waals surface area contributed by atoms with Gasteiger partial charge in [-0.15, -0.1) is 0 Å². The number of aromatic nitrogens is 2. The molecule has 0 amide bonds. The van der Waals surface area contributed by atoms with Gasteiger partial charge in [-0.1, -0.05) is 18.5 Å². The third-order valence-corrected chi connectivity index (χ3v) is 3.21. The van der Waals surface area contributed by atoms with Gasteiger partial charge in [0.1, 0.15) is 29.1 Å². The molecule has 21 heavy (non-hydrogen) atoms. The summed E-state index contributed by atoms with van der Waals surface area (Å²) in [5.74, 6) is 2.16. The minimum Gasteiger partial charge on any atom is -0.497 e. The van der Waals surface area contributed by atoms with Crippen molar-refractivity contribution >= 4 is 11.6 Å². The molecule has 0 bridgehead atoms. The third-order valence-electron chi connectivity index (χ3n) is 3.02. The molecule has 0 saturated carbocycles. The molecule has 0 saturated heterocycles. The Labute approximate surface area is 128 Å². The largest absolute Gasteiger partial charge is 0.497 e. The van der Waals surface area contributed by atoms with Crippen LogP contribution in [0.1, 0.15) is 12.7 Å². The number of nitrogens with zero attached hydrogens (tertiary/aromatic N) is 2. The Bertz CT molecular complexity index is 653. The highest BCUT2D eigenvalue weighted by Gasteiger charge is 2.06. The molecule has 0 fully saturated rings. The Balaban J connectivity index is 2.01. The lowest BCUT2D eigenvalue weighted by Gasteiger charge is -2.12. The second kappa shape index (κ2) is 7.13. The van der Waals surface area contributed by atoms with Crippen molar-refractivity contribution in [3.63, 3.8) is 0 Å². The van der Waals surface area contributed by atoms with Crippen LogP contribution in [0.5, 0.6) is 11.5 Å². The van der Waals surface area contributed by atoms with Gasteiger partial charge < -0.3 is 9.47 Å². The highest BCUT2D eigenvalue weighted by atomic mass is 35.5. The number of methoxy groups -OCH3 is 1. The monoisotopic (exact) mass is 308 g/mol. The Morgan fingerprint density at radius 3 is 2.52 bits per heavy atom. The highest BCUT2D eigenvalue weighted by molar-refractivity contribution is 6.29. The van der Waals surface area contributed by atoms with E-state index in [0.717, 1.165) is 11.5 Å². The minimum atomic E-state index is -0.162. The summed E-state index contributed by atoms with van der Waals surface area (Å²) in [6.07, 6.45) is 0.637. The lowest BCUT2D eigenvalue weighted by Crippen LogP contribution is -2.26. The SMILES string of the molecule is CCc1nc(Cl)cc(=O)n1CCOc1ccc(OC)cc1. The second-order valence-corrected chi connectivity index (χ2v) is 4.75. The highest BCUT2D eigenvalue weighted by Crippen LogP contribution is 2.16. The maximum absolute atomic E-state index is 11.9. The van der Waals surface area contributed by atoms with Crippen molar-refractivity contribution in [1.82, 2.24) is 9.55 Å². The van der Waals surface area contributed by atoms with Gasteiger partial charge in [0.05, 0.1) is 13.7 Å². The number of halogens is 1. The van der Waals surface area contributed by atoms with Crippen LogP contribution < -0.4 is 15.0 Å². The molecule has 0 N–H and O–H groups in total. The molecule has 2 aromatic rings. The fourth-order valence-electron chi connectivity index (χ4n) is 1.96. The number of hydrogen-bond donors (Lipinski definition) is 0. The Kier molecular flexibility index (Phi) is 5.22. The zero-order chi connectivity index (χ0) is 15.2. The fraction of sp³-hybridized carbons (Fsp3) is 0.333. The first-order valence-electron chi connectivity index (χ1n) is 6.67. The second-order valence-electron chi connectivity index (χ2n) is 4.36.